The minimum absolute atomic E-state index is 0.318. The van der Waals surface area contributed by atoms with Gasteiger partial charge in [-0.15, -0.1) is 0 Å². The summed E-state index contributed by atoms with van der Waals surface area (Å²) in [5.74, 6) is 0. The summed E-state index contributed by atoms with van der Waals surface area (Å²) < 4.78 is 5.81. The average Bonchev–Trinajstić information content (AvgIpc) is 2.48. The third-order valence-corrected chi connectivity index (χ3v) is 4.27. The lowest BCUT2D eigenvalue weighted by atomic mass is 10.0. The van der Waals surface area contributed by atoms with E-state index in [1.54, 1.807) is 0 Å². The number of hydrogen-bond acceptors (Lipinski definition) is 3. The highest BCUT2D eigenvalue weighted by Crippen LogP contribution is 2.27. The number of aryl methyl sites for hydroxylation is 1. The van der Waals surface area contributed by atoms with Crippen molar-refractivity contribution in [2.75, 3.05) is 24.6 Å². The van der Waals surface area contributed by atoms with Crippen LogP contribution in [-0.2, 0) is 11.3 Å². The van der Waals surface area contributed by atoms with Crippen molar-refractivity contribution < 1.29 is 4.74 Å². The molecule has 2 unspecified atom stereocenters. The number of nitrogens with one attached hydrogen (secondary N) is 1. The van der Waals surface area contributed by atoms with Gasteiger partial charge in [-0.25, -0.2) is 0 Å². The van der Waals surface area contributed by atoms with E-state index >= 15 is 0 Å². The van der Waals surface area contributed by atoms with Crippen molar-refractivity contribution in [3.05, 3.63) is 29.3 Å². The van der Waals surface area contributed by atoms with Gasteiger partial charge >= 0.3 is 0 Å². The SMILES string of the molecule is CCCNCc1ccc(N2CC(C)OCC2CC)c(C)c1. The second-order valence-corrected chi connectivity index (χ2v) is 6.16. The molecule has 3 nitrogen and oxygen atoms in total. The van der Waals surface area contributed by atoms with Gasteiger partial charge in [0.15, 0.2) is 0 Å². The van der Waals surface area contributed by atoms with E-state index in [4.69, 9.17) is 4.74 Å². The molecule has 0 spiro atoms. The van der Waals surface area contributed by atoms with Gasteiger partial charge in [0.1, 0.15) is 0 Å². The van der Waals surface area contributed by atoms with E-state index in [0.29, 0.717) is 12.1 Å². The Morgan fingerprint density at radius 2 is 2.14 bits per heavy atom. The summed E-state index contributed by atoms with van der Waals surface area (Å²) in [5.41, 5.74) is 4.12. The summed E-state index contributed by atoms with van der Waals surface area (Å²) in [6, 6.07) is 7.38. The van der Waals surface area contributed by atoms with Crippen LogP contribution in [0.15, 0.2) is 18.2 Å². The first-order valence-electron chi connectivity index (χ1n) is 8.34. The molecule has 1 fully saturated rings. The molecule has 1 aliphatic heterocycles. The number of ether oxygens (including phenoxy) is 1. The highest BCUT2D eigenvalue weighted by Gasteiger charge is 2.26. The Morgan fingerprint density at radius 3 is 2.81 bits per heavy atom. The third kappa shape index (κ3) is 4.21. The van der Waals surface area contributed by atoms with Gasteiger partial charge in [-0.1, -0.05) is 26.0 Å². The van der Waals surface area contributed by atoms with E-state index in [1.165, 1.54) is 23.2 Å². The summed E-state index contributed by atoms with van der Waals surface area (Å²) in [6.45, 7) is 12.7. The van der Waals surface area contributed by atoms with Crippen molar-refractivity contribution in [2.24, 2.45) is 0 Å². The lowest BCUT2D eigenvalue weighted by molar-refractivity contribution is 0.0299. The highest BCUT2D eigenvalue weighted by atomic mass is 16.5. The Kier molecular flexibility index (Phi) is 6.07. The molecule has 0 bridgehead atoms. The van der Waals surface area contributed by atoms with E-state index in [0.717, 1.165) is 32.7 Å². The fraction of sp³-hybridized carbons (Fsp3) is 0.667. The second kappa shape index (κ2) is 7.81. The lowest BCUT2D eigenvalue weighted by Crippen LogP contribution is -2.49. The number of anilines is 1. The Labute approximate surface area is 129 Å². The minimum Gasteiger partial charge on any atom is -0.375 e. The summed E-state index contributed by atoms with van der Waals surface area (Å²) in [6.07, 6.45) is 2.63. The zero-order valence-corrected chi connectivity index (χ0v) is 14.0. The molecule has 0 amide bonds. The molecule has 1 saturated heterocycles. The van der Waals surface area contributed by atoms with Crippen LogP contribution in [0.2, 0.25) is 0 Å². The maximum Gasteiger partial charge on any atom is 0.0723 e. The van der Waals surface area contributed by atoms with Crippen LogP contribution in [0.4, 0.5) is 5.69 Å². The zero-order chi connectivity index (χ0) is 15.2. The molecule has 0 aromatic heterocycles. The van der Waals surface area contributed by atoms with E-state index in [2.05, 4.69) is 56.1 Å². The Morgan fingerprint density at radius 1 is 1.33 bits per heavy atom. The minimum atomic E-state index is 0.318. The number of hydrogen-bond donors (Lipinski definition) is 1. The third-order valence-electron chi connectivity index (χ3n) is 4.27. The first-order valence-corrected chi connectivity index (χ1v) is 8.34. The summed E-state index contributed by atoms with van der Waals surface area (Å²) in [5, 5.41) is 3.47. The predicted molar refractivity (Wildman–Crippen MR) is 90.0 cm³/mol. The van der Waals surface area contributed by atoms with Crippen LogP contribution in [0.1, 0.15) is 44.7 Å². The van der Waals surface area contributed by atoms with Crippen LogP contribution >= 0.6 is 0 Å². The van der Waals surface area contributed by atoms with Gasteiger partial charge in [-0.05, 0) is 50.4 Å². The Hall–Kier alpha value is -1.06. The van der Waals surface area contributed by atoms with E-state index < -0.39 is 0 Å². The van der Waals surface area contributed by atoms with Gasteiger partial charge in [0.2, 0.25) is 0 Å². The zero-order valence-electron chi connectivity index (χ0n) is 14.0. The summed E-state index contributed by atoms with van der Waals surface area (Å²) in [7, 11) is 0. The smallest absolute Gasteiger partial charge is 0.0723 e. The number of rotatable bonds is 6. The van der Waals surface area contributed by atoms with Crippen LogP contribution in [0.5, 0.6) is 0 Å². The van der Waals surface area contributed by atoms with Gasteiger partial charge in [-0.3, -0.25) is 0 Å². The van der Waals surface area contributed by atoms with E-state index in [9.17, 15) is 0 Å². The van der Waals surface area contributed by atoms with Crippen LogP contribution in [-0.4, -0.2) is 31.8 Å². The quantitative estimate of drug-likeness (QED) is 0.812. The lowest BCUT2D eigenvalue weighted by Gasteiger charge is -2.40. The molecule has 21 heavy (non-hydrogen) atoms. The van der Waals surface area contributed by atoms with Gasteiger partial charge in [0, 0.05) is 18.8 Å². The molecule has 0 radical (unpaired) electrons. The highest BCUT2D eigenvalue weighted by molar-refractivity contribution is 5.55. The average molecular weight is 290 g/mol. The second-order valence-electron chi connectivity index (χ2n) is 6.16. The van der Waals surface area contributed by atoms with Crippen molar-refractivity contribution in [1.82, 2.24) is 5.32 Å². The summed E-state index contributed by atoms with van der Waals surface area (Å²) >= 11 is 0. The first-order chi connectivity index (χ1) is 10.2. The standard InChI is InChI=1S/C18H30N2O/c1-5-9-19-11-16-7-8-18(14(3)10-16)20-12-15(4)21-13-17(20)6-2/h7-8,10,15,17,19H,5-6,9,11-13H2,1-4H3. The van der Waals surface area contributed by atoms with Crippen molar-refractivity contribution >= 4 is 5.69 Å². The summed E-state index contributed by atoms with van der Waals surface area (Å²) in [4.78, 5) is 2.53. The molecule has 1 N–H and O–H groups in total. The molecule has 1 heterocycles. The fourth-order valence-corrected chi connectivity index (χ4v) is 3.04. The number of morpholine rings is 1. The molecule has 0 aliphatic carbocycles. The molecular weight excluding hydrogens is 260 g/mol. The number of benzene rings is 1. The maximum absolute atomic E-state index is 5.81. The molecule has 2 rings (SSSR count). The van der Waals surface area contributed by atoms with Gasteiger partial charge in [0.25, 0.3) is 0 Å². The Balaban J connectivity index is 2.11. The first kappa shape index (κ1) is 16.3. The van der Waals surface area contributed by atoms with Crippen molar-refractivity contribution in [3.63, 3.8) is 0 Å². The van der Waals surface area contributed by atoms with Gasteiger partial charge in [0.05, 0.1) is 18.8 Å². The Bertz CT molecular complexity index is 447. The van der Waals surface area contributed by atoms with Gasteiger partial charge < -0.3 is 15.0 Å². The molecule has 1 aliphatic rings. The van der Waals surface area contributed by atoms with Crippen LogP contribution in [0, 0.1) is 6.92 Å². The maximum atomic E-state index is 5.81. The molecule has 1 aromatic carbocycles. The molecule has 118 valence electrons. The largest absolute Gasteiger partial charge is 0.375 e. The monoisotopic (exact) mass is 290 g/mol. The molecule has 2 atom stereocenters. The molecule has 0 saturated carbocycles. The normalized spacial score (nSPS) is 22.6. The fourth-order valence-electron chi connectivity index (χ4n) is 3.04. The van der Waals surface area contributed by atoms with E-state index in [1.807, 2.05) is 0 Å². The molecule has 1 aromatic rings. The topological polar surface area (TPSA) is 24.5 Å². The van der Waals surface area contributed by atoms with Crippen molar-refractivity contribution in [1.29, 1.82) is 0 Å². The van der Waals surface area contributed by atoms with Gasteiger partial charge in [-0.2, -0.15) is 0 Å². The molecule has 3 heteroatoms. The number of nitrogens with zero attached hydrogens (tertiary/aromatic N) is 1. The van der Waals surface area contributed by atoms with E-state index in [-0.39, 0.29) is 0 Å². The van der Waals surface area contributed by atoms with Crippen molar-refractivity contribution in [3.8, 4) is 0 Å². The van der Waals surface area contributed by atoms with Crippen LogP contribution in [0.25, 0.3) is 0 Å². The molecular formula is C18H30N2O. The van der Waals surface area contributed by atoms with Crippen molar-refractivity contribution in [2.45, 2.75) is 59.2 Å². The van der Waals surface area contributed by atoms with Crippen LogP contribution in [0.3, 0.4) is 0 Å². The van der Waals surface area contributed by atoms with Crippen LogP contribution < -0.4 is 10.2 Å². The predicted octanol–water partition coefficient (Wildman–Crippen LogP) is 3.50.